The number of anilines is 4. The normalized spacial score (nSPS) is 10.6. The lowest BCUT2D eigenvalue weighted by molar-refractivity contribution is -0.116. The number of rotatable bonds is 6. The van der Waals surface area contributed by atoms with E-state index < -0.39 is 0 Å². The average Bonchev–Trinajstić information content (AvgIpc) is 3.14. The number of carbonyl (C=O) groups is 1. The largest absolute Gasteiger partial charge is 0.373 e. The maximum Gasteiger partial charge on any atom is 0.225 e. The van der Waals surface area contributed by atoms with Crippen LogP contribution in [0.15, 0.2) is 42.9 Å². The second-order valence-electron chi connectivity index (χ2n) is 6.13. The van der Waals surface area contributed by atoms with E-state index in [1.54, 1.807) is 30.0 Å². The fourth-order valence-corrected chi connectivity index (χ4v) is 2.91. The van der Waals surface area contributed by atoms with Crippen molar-refractivity contribution in [1.29, 1.82) is 5.26 Å². The Hall–Kier alpha value is -4.26. The molecule has 1 amide bonds. The van der Waals surface area contributed by atoms with Crippen LogP contribution in [0.5, 0.6) is 0 Å². The van der Waals surface area contributed by atoms with Gasteiger partial charge in [-0.3, -0.25) is 14.8 Å². The van der Waals surface area contributed by atoms with Crippen molar-refractivity contribution in [2.45, 2.75) is 12.8 Å². The van der Waals surface area contributed by atoms with Gasteiger partial charge in [-0.15, -0.1) is 0 Å². The fraction of sp³-hybridized carbons (Fsp3) is 0.158. The molecule has 0 saturated heterocycles. The van der Waals surface area contributed by atoms with Gasteiger partial charge in [0.05, 0.1) is 23.5 Å². The van der Waals surface area contributed by atoms with Crippen LogP contribution in [0.2, 0.25) is 0 Å². The van der Waals surface area contributed by atoms with Crippen LogP contribution >= 0.6 is 0 Å². The Balaban J connectivity index is 1.72. The van der Waals surface area contributed by atoms with E-state index in [0.29, 0.717) is 23.0 Å². The standard InChI is InChI=1S/C19H17N9O/c1-21-16-10-15(25-13-5-2-4-12-18(13)23-9-8-22-12)27-19-14(11-24-28(16)19)26-17(29)6-3-7-20/h2,4-5,8-11,21H,3,6H2,1H3,(H,25,27)(H,26,29). The van der Waals surface area contributed by atoms with Gasteiger partial charge in [0.2, 0.25) is 5.91 Å². The molecule has 0 aliphatic carbocycles. The molecule has 0 radical (unpaired) electrons. The molecule has 10 heteroatoms. The van der Waals surface area contributed by atoms with E-state index in [0.717, 1.165) is 16.7 Å². The van der Waals surface area contributed by atoms with Crippen molar-refractivity contribution in [2.75, 3.05) is 23.0 Å². The number of nitrogens with one attached hydrogen (secondary N) is 3. The summed E-state index contributed by atoms with van der Waals surface area (Å²) in [5, 5.41) is 22.0. The van der Waals surface area contributed by atoms with Gasteiger partial charge in [-0.2, -0.15) is 14.9 Å². The predicted octanol–water partition coefficient (Wildman–Crippen LogP) is 2.70. The van der Waals surface area contributed by atoms with E-state index in [2.05, 4.69) is 36.0 Å². The lowest BCUT2D eigenvalue weighted by Crippen LogP contribution is -2.11. The van der Waals surface area contributed by atoms with Crippen molar-refractivity contribution >= 4 is 45.6 Å². The molecule has 0 aliphatic rings. The zero-order chi connectivity index (χ0) is 20.2. The third kappa shape index (κ3) is 3.61. The van der Waals surface area contributed by atoms with Crippen LogP contribution in [-0.2, 0) is 4.79 Å². The molecule has 144 valence electrons. The maximum absolute atomic E-state index is 12.0. The van der Waals surface area contributed by atoms with Gasteiger partial charge in [0.15, 0.2) is 5.65 Å². The average molecular weight is 387 g/mol. The quantitative estimate of drug-likeness (QED) is 0.460. The first kappa shape index (κ1) is 18.1. The number of nitriles is 1. The van der Waals surface area contributed by atoms with Crippen LogP contribution in [0.25, 0.3) is 16.7 Å². The van der Waals surface area contributed by atoms with E-state index in [1.165, 1.54) is 6.20 Å². The third-order valence-electron chi connectivity index (χ3n) is 4.23. The summed E-state index contributed by atoms with van der Waals surface area (Å²) in [6, 6.07) is 9.42. The number of benzene rings is 1. The molecule has 3 heterocycles. The summed E-state index contributed by atoms with van der Waals surface area (Å²) in [5.74, 6) is 0.964. The molecule has 0 unspecified atom stereocenters. The first-order valence-electron chi connectivity index (χ1n) is 8.89. The topological polar surface area (TPSA) is 133 Å². The first-order chi connectivity index (χ1) is 14.2. The molecule has 4 rings (SSSR count). The van der Waals surface area contributed by atoms with Gasteiger partial charge in [-0.1, -0.05) is 6.07 Å². The molecule has 10 nitrogen and oxygen atoms in total. The summed E-state index contributed by atoms with van der Waals surface area (Å²) in [4.78, 5) is 25.3. The fourth-order valence-electron chi connectivity index (χ4n) is 2.91. The van der Waals surface area contributed by atoms with Crippen molar-refractivity contribution in [1.82, 2.24) is 24.6 Å². The number of hydrogen-bond donors (Lipinski definition) is 3. The zero-order valence-electron chi connectivity index (χ0n) is 15.5. The maximum atomic E-state index is 12.0. The van der Waals surface area contributed by atoms with E-state index in [9.17, 15) is 4.79 Å². The Labute approximate surface area is 165 Å². The molecule has 0 spiro atoms. The second-order valence-corrected chi connectivity index (χ2v) is 6.13. The highest BCUT2D eigenvalue weighted by molar-refractivity contribution is 5.95. The molecule has 3 aromatic heterocycles. The Morgan fingerprint density at radius 2 is 2.10 bits per heavy atom. The van der Waals surface area contributed by atoms with Crippen molar-refractivity contribution in [3.8, 4) is 6.07 Å². The Bertz CT molecular complexity index is 1240. The minimum atomic E-state index is -0.267. The van der Waals surface area contributed by atoms with Crippen LogP contribution in [-0.4, -0.2) is 37.5 Å². The lowest BCUT2D eigenvalue weighted by Gasteiger charge is -2.11. The molecular weight excluding hydrogens is 370 g/mol. The van der Waals surface area contributed by atoms with Crippen molar-refractivity contribution in [2.24, 2.45) is 0 Å². The molecular formula is C19H17N9O. The highest BCUT2D eigenvalue weighted by atomic mass is 16.1. The van der Waals surface area contributed by atoms with Crippen LogP contribution in [0.3, 0.4) is 0 Å². The van der Waals surface area contributed by atoms with Gasteiger partial charge < -0.3 is 16.0 Å². The SMILES string of the molecule is CNc1cc(Nc2cccc3nccnc23)nc2c(NC(=O)CCC#N)cnn12. The van der Waals surface area contributed by atoms with Gasteiger partial charge in [0.25, 0.3) is 0 Å². The van der Waals surface area contributed by atoms with Crippen LogP contribution in [0.4, 0.5) is 23.0 Å². The Kier molecular flexibility index (Phi) is 4.86. The first-order valence-corrected chi connectivity index (χ1v) is 8.89. The molecule has 0 bridgehead atoms. The molecule has 0 saturated carbocycles. The van der Waals surface area contributed by atoms with E-state index in [1.807, 2.05) is 24.3 Å². The Morgan fingerprint density at radius 1 is 1.24 bits per heavy atom. The molecule has 29 heavy (non-hydrogen) atoms. The number of para-hydroxylation sites is 1. The molecule has 4 aromatic rings. The van der Waals surface area contributed by atoms with Crippen molar-refractivity contribution in [3.63, 3.8) is 0 Å². The summed E-state index contributed by atoms with van der Waals surface area (Å²) in [5.41, 5.74) is 3.18. The van der Waals surface area contributed by atoms with Crippen molar-refractivity contribution in [3.05, 3.63) is 42.9 Å². The smallest absolute Gasteiger partial charge is 0.225 e. The lowest BCUT2D eigenvalue weighted by atomic mass is 10.2. The minimum Gasteiger partial charge on any atom is -0.373 e. The highest BCUT2D eigenvalue weighted by Gasteiger charge is 2.14. The number of carbonyl (C=O) groups excluding carboxylic acids is 1. The predicted molar refractivity (Wildman–Crippen MR) is 109 cm³/mol. The number of fused-ring (bicyclic) bond motifs is 2. The van der Waals surface area contributed by atoms with Crippen LogP contribution in [0.1, 0.15) is 12.8 Å². The summed E-state index contributed by atoms with van der Waals surface area (Å²) >= 11 is 0. The zero-order valence-corrected chi connectivity index (χ0v) is 15.5. The summed E-state index contributed by atoms with van der Waals surface area (Å²) in [7, 11) is 1.77. The summed E-state index contributed by atoms with van der Waals surface area (Å²) in [6.07, 6.45) is 5.06. The summed E-state index contributed by atoms with van der Waals surface area (Å²) in [6.45, 7) is 0. The summed E-state index contributed by atoms with van der Waals surface area (Å²) < 4.78 is 1.59. The van der Waals surface area contributed by atoms with E-state index in [4.69, 9.17) is 5.26 Å². The van der Waals surface area contributed by atoms with Gasteiger partial charge >= 0.3 is 0 Å². The Morgan fingerprint density at radius 3 is 2.93 bits per heavy atom. The molecule has 0 aliphatic heterocycles. The second kappa shape index (κ2) is 7.77. The molecule has 3 N–H and O–H groups in total. The third-order valence-corrected chi connectivity index (χ3v) is 4.23. The number of aromatic nitrogens is 5. The van der Waals surface area contributed by atoms with Gasteiger partial charge in [-0.25, -0.2) is 4.98 Å². The molecule has 0 fully saturated rings. The van der Waals surface area contributed by atoms with E-state index >= 15 is 0 Å². The number of amides is 1. The van der Waals surface area contributed by atoms with Crippen LogP contribution in [0, 0.1) is 11.3 Å². The van der Waals surface area contributed by atoms with Gasteiger partial charge in [-0.05, 0) is 12.1 Å². The minimum absolute atomic E-state index is 0.110. The highest BCUT2D eigenvalue weighted by Crippen LogP contribution is 2.26. The number of nitrogens with zero attached hydrogens (tertiary/aromatic N) is 6. The van der Waals surface area contributed by atoms with Gasteiger partial charge in [0, 0.05) is 38.3 Å². The molecule has 0 atom stereocenters. The number of hydrogen-bond acceptors (Lipinski definition) is 8. The van der Waals surface area contributed by atoms with Crippen molar-refractivity contribution < 1.29 is 4.79 Å². The molecule has 1 aromatic carbocycles. The monoisotopic (exact) mass is 387 g/mol. The van der Waals surface area contributed by atoms with Gasteiger partial charge in [0.1, 0.15) is 22.8 Å². The van der Waals surface area contributed by atoms with Crippen LogP contribution < -0.4 is 16.0 Å². The van der Waals surface area contributed by atoms with E-state index in [-0.39, 0.29) is 18.7 Å².